The molecule has 2 heterocycles. The number of aryl methyl sites for hydroxylation is 4. The lowest BCUT2D eigenvalue weighted by Gasteiger charge is -2.20. The molecule has 9 rings (SSSR count). The molecular weight excluding hydrogens is 1080 g/mol. The van der Waals surface area contributed by atoms with Crippen LogP contribution in [0.25, 0.3) is 28.3 Å². The summed E-state index contributed by atoms with van der Waals surface area (Å²) in [5.74, 6) is 0.141. The van der Waals surface area contributed by atoms with E-state index in [0.29, 0.717) is 69.3 Å². The number of anilines is 3. The summed E-state index contributed by atoms with van der Waals surface area (Å²) < 4.78 is 81.3. The van der Waals surface area contributed by atoms with Gasteiger partial charge in [-0.1, -0.05) is 91.3 Å². The third kappa shape index (κ3) is 14.2. The van der Waals surface area contributed by atoms with Gasteiger partial charge in [0, 0.05) is 72.0 Å². The van der Waals surface area contributed by atoms with Crippen LogP contribution in [0.3, 0.4) is 0 Å². The summed E-state index contributed by atoms with van der Waals surface area (Å²) in [6.07, 6.45) is 6.02. The molecule has 16 nitrogen and oxygen atoms in total. The Morgan fingerprint density at radius 3 is 2.34 bits per heavy atom. The van der Waals surface area contributed by atoms with Gasteiger partial charge in [-0.3, -0.25) is 14.1 Å². The highest BCUT2D eigenvalue weighted by atomic mass is 35.5. The summed E-state index contributed by atoms with van der Waals surface area (Å²) in [6, 6.07) is 39.7. The molecule has 1 aliphatic heterocycles. The van der Waals surface area contributed by atoms with E-state index in [1.54, 1.807) is 41.3 Å². The highest BCUT2D eigenvalue weighted by Crippen LogP contribution is 2.41. The van der Waals surface area contributed by atoms with E-state index in [2.05, 4.69) is 5.32 Å². The topological polar surface area (TPSA) is 223 Å². The first-order chi connectivity index (χ1) is 38.1. The van der Waals surface area contributed by atoms with Gasteiger partial charge < -0.3 is 33.9 Å². The number of hydrogen-bond acceptors (Lipinski definition) is 13. The number of Topliss-reactive ketones (excluding diaryl/α,β-unsaturated/α-hetero) is 1. The number of aliphatic imine (C=N–C) groups is 1. The molecule has 0 saturated heterocycles. The second-order valence-corrected chi connectivity index (χ2v) is 23.4. The first-order valence-electron chi connectivity index (χ1n) is 25.9. The van der Waals surface area contributed by atoms with E-state index in [0.717, 1.165) is 50.3 Å². The Labute approximate surface area is 471 Å². The van der Waals surface area contributed by atoms with E-state index in [-0.39, 0.29) is 43.9 Å². The fourth-order valence-corrected chi connectivity index (χ4v) is 10.2. The number of aliphatic hydroxyl groups excluding tert-OH is 1. The second-order valence-electron chi connectivity index (χ2n) is 19.6. The van der Waals surface area contributed by atoms with Crippen molar-refractivity contribution in [3.63, 3.8) is 0 Å². The van der Waals surface area contributed by atoms with Crippen LogP contribution in [-0.2, 0) is 31.6 Å². The van der Waals surface area contributed by atoms with Crippen LogP contribution in [0.1, 0.15) is 71.6 Å². The Morgan fingerprint density at radius 1 is 0.900 bits per heavy atom. The highest BCUT2D eigenvalue weighted by Gasteiger charge is 2.31. The Balaban J connectivity index is 0.000000217. The van der Waals surface area contributed by atoms with Crippen LogP contribution in [0, 0.1) is 20.8 Å². The number of ether oxygens (including phenoxy) is 1. The Hall–Kier alpha value is -7.71. The molecule has 1 aromatic heterocycles. The van der Waals surface area contributed by atoms with E-state index >= 15 is 0 Å². The predicted molar refractivity (Wildman–Crippen MR) is 314 cm³/mol. The minimum Gasteiger partial charge on any atom is -0.748 e. The number of fused-ring (bicyclic) bond motifs is 3. The van der Waals surface area contributed by atoms with Crippen molar-refractivity contribution in [3.8, 4) is 16.9 Å². The van der Waals surface area contributed by atoms with Crippen molar-refractivity contribution in [2.24, 2.45) is 4.99 Å². The molecule has 0 fully saturated rings. The molecule has 7 aromatic rings. The number of carbonyl (C=O) groups excluding carboxylic acids is 2. The number of benzene rings is 6. The number of allylic oxidation sites excluding steroid dienone is 3. The first kappa shape index (κ1) is 58.4. The number of hydrogen-bond donors (Lipinski definition) is 3. The molecule has 6 aromatic carbocycles. The zero-order valence-electron chi connectivity index (χ0n) is 45.1. The van der Waals surface area contributed by atoms with Crippen LogP contribution in [0.2, 0.25) is 5.02 Å². The van der Waals surface area contributed by atoms with Gasteiger partial charge in [-0.25, -0.2) is 13.4 Å². The molecule has 3 N–H and O–H groups in total. The summed E-state index contributed by atoms with van der Waals surface area (Å²) in [6.45, 7) is 10.3. The molecule has 0 bridgehead atoms. The second kappa shape index (κ2) is 25.2. The number of ketones is 1. The van der Waals surface area contributed by atoms with Crippen LogP contribution in [0.4, 0.5) is 22.7 Å². The third-order valence-electron chi connectivity index (χ3n) is 13.8. The zero-order valence-corrected chi connectivity index (χ0v) is 47.5. The molecule has 0 saturated carbocycles. The number of oxazole rings is 1. The van der Waals surface area contributed by atoms with Crippen molar-refractivity contribution in [2.45, 2.75) is 65.7 Å². The molecule has 1 atom stereocenters. The SMILES string of the molecule is CCC(=Cc1oc2ccc(-c3ccccc3)cc2[n+]1CCC(C)S(=O)(=O)O)C=C1Oc2ccc(Cl)cc2N1CCCS(=O)(=O)[O-].Cc1ccc(C)c(NC(=O)C2=CC(=Nc3ccc(N(C)CCO)cc3C)c3ccccc3C2=O)c1. The average Bonchev–Trinajstić information content (AvgIpc) is 4.04. The van der Waals surface area contributed by atoms with Crippen molar-refractivity contribution in [3.05, 3.63) is 195 Å². The Bertz CT molecular complexity index is 3850. The van der Waals surface area contributed by atoms with E-state index in [1.165, 1.54) is 6.92 Å². The number of amides is 1. The highest BCUT2D eigenvalue weighted by molar-refractivity contribution is 7.86. The van der Waals surface area contributed by atoms with Gasteiger partial charge in [0.15, 0.2) is 18.1 Å². The predicted octanol–water partition coefficient (Wildman–Crippen LogP) is 11.1. The summed E-state index contributed by atoms with van der Waals surface area (Å²) in [5, 5.41) is 11.6. The van der Waals surface area contributed by atoms with Gasteiger partial charge in [-0.2, -0.15) is 13.0 Å². The average molecular weight is 1140 g/mol. The van der Waals surface area contributed by atoms with Gasteiger partial charge in [0.2, 0.25) is 11.5 Å². The van der Waals surface area contributed by atoms with Crippen molar-refractivity contribution < 1.29 is 54.4 Å². The number of nitrogens with zero attached hydrogens (tertiary/aromatic N) is 4. The number of rotatable bonds is 18. The van der Waals surface area contributed by atoms with E-state index in [1.807, 2.05) is 153 Å². The minimum atomic E-state index is -4.39. The molecule has 80 heavy (non-hydrogen) atoms. The summed E-state index contributed by atoms with van der Waals surface area (Å²) in [7, 11) is -6.70. The number of carbonyl (C=O) groups is 2. The number of aliphatic hydroxyl groups is 1. The molecule has 19 heteroatoms. The summed E-state index contributed by atoms with van der Waals surface area (Å²) in [4.78, 5) is 35.1. The van der Waals surface area contributed by atoms with Gasteiger partial charge in [0.1, 0.15) is 0 Å². The molecule has 2 aliphatic rings. The fraction of sp³-hybridized carbons (Fsp3) is 0.246. The maximum atomic E-state index is 13.2. The number of nitrogens with one attached hydrogen (secondary N) is 1. The van der Waals surface area contributed by atoms with Crippen LogP contribution >= 0.6 is 11.6 Å². The first-order valence-corrected chi connectivity index (χ1v) is 29.4. The molecule has 1 unspecified atom stereocenters. The molecular formula is C61H62ClN5O11S2. The summed E-state index contributed by atoms with van der Waals surface area (Å²) in [5.41, 5.74) is 11.8. The normalized spacial score (nSPS) is 14.8. The molecule has 1 amide bonds. The number of aromatic nitrogens is 1. The van der Waals surface area contributed by atoms with Crippen LogP contribution in [0.5, 0.6) is 5.75 Å². The van der Waals surface area contributed by atoms with E-state index in [9.17, 15) is 40.6 Å². The van der Waals surface area contributed by atoms with Crippen LogP contribution in [-0.4, -0.2) is 86.2 Å². The van der Waals surface area contributed by atoms with Gasteiger partial charge in [-0.05, 0) is 129 Å². The molecule has 0 spiro atoms. The smallest absolute Gasteiger partial charge is 0.374 e. The quantitative estimate of drug-likeness (QED) is 0.0414. The standard InChI is InChI=1S/C32H33ClN2O8S2.C29H29N3O3/c1-3-23(18-31-34(15-7-17-44(36,37)38)28-21-26(33)11-13-30(28)43-31)19-32-35(16-14-22(2)45(39,40)41)27-20-25(10-12-29(27)42-32)24-8-5-4-6-9-24;1-18-9-10-19(2)26(15-18)31-29(35)24-17-27(22-7-5-6-8-23(22)28(24)34)30-25-12-11-21(16-20(25)3)32(4)13-14-33/h4-6,8-13,18-22H,3,7,14-17H2,1-2H3,(H-,36,37,38,39,40,41);5-12,15-17,33H,13-14H2,1-4H3,(H,31,35). The maximum absolute atomic E-state index is 13.2. The zero-order chi connectivity index (χ0) is 57.5. The fourth-order valence-electron chi connectivity index (χ4n) is 9.15. The van der Waals surface area contributed by atoms with Crippen molar-refractivity contribution in [1.82, 2.24) is 0 Å². The van der Waals surface area contributed by atoms with Crippen molar-refractivity contribution in [1.29, 1.82) is 0 Å². The number of halogens is 1. The molecule has 0 radical (unpaired) electrons. The van der Waals surface area contributed by atoms with Crippen molar-refractivity contribution >= 4 is 89.2 Å². The van der Waals surface area contributed by atoms with Crippen LogP contribution < -0.4 is 24.4 Å². The van der Waals surface area contributed by atoms with E-state index in [4.69, 9.17) is 25.7 Å². The van der Waals surface area contributed by atoms with E-state index < -0.39 is 37.1 Å². The Morgan fingerprint density at radius 2 is 1.64 bits per heavy atom. The van der Waals surface area contributed by atoms with Gasteiger partial charge in [0.25, 0.3) is 21.5 Å². The van der Waals surface area contributed by atoms with Gasteiger partial charge in [-0.15, -0.1) is 0 Å². The van der Waals surface area contributed by atoms with Gasteiger partial charge >= 0.3 is 5.89 Å². The minimum absolute atomic E-state index is 0.0558. The Kier molecular flexibility index (Phi) is 18.4. The molecule has 416 valence electrons. The molecule has 1 aliphatic carbocycles. The lowest BCUT2D eigenvalue weighted by Crippen LogP contribution is -2.37. The number of likely N-dealkylation sites (N-methyl/N-ethyl adjacent to an activating group) is 1. The maximum Gasteiger partial charge on any atom is 0.374 e. The third-order valence-corrected chi connectivity index (χ3v) is 16.0. The lowest BCUT2D eigenvalue weighted by molar-refractivity contribution is -0.678. The van der Waals surface area contributed by atoms with Crippen LogP contribution in [0.15, 0.2) is 166 Å². The summed E-state index contributed by atoms with van der Waals surface area (Å²) >= 11 is 6.24. The van der Waals surface area contributed by atoms with Crippen molar-refractivity contribution in [2.75, 3.05) is 47.6 Å². The largest absolute Gasteiger partial charge is 0.748 e. The lowest BCUT2D eigenvalue weighted by atomic mass is 9.88. The monoisotopic (exact) mass is 1140 g/mol. The van der Waals surface area contributed by atoms with Gasteiger partial charge in [0.05, 0.1) is 50.7 Å².